The van der Waals surface area contributed by atoms with Crippen molar-refractivity contribution < 1.29 is 28.9 Å². The van der Waals surface area contributed by atoms with Crippen molar-refractivity contribution in [3.63, 3.8) is 0 Å². The van der Waals surface area contributed by atoms with Crippen molar-refractivity contribution in [1.29, 1.82) is 0 Å². The maximum atomic E-state index is 12.2. The summed E-state index contributed by atoms with van der Waals surface area (Å²) in [4.78, 5) is 22.5. The second-order valence-corrected chi connectivity index (χ2v) is 9.03. The second kappa shape index (κ2) is 13.6. The molecule has 0 saturated carbocycles. The van der Waals surface area contributed by atoms with Gasteiger partial charge in [-0.2, -0.15) is 0 Å². The number of ether oxygens (including phenoxy) is 3. The first-order valence-corrected chi connectivity index (χ1v) is 11.6. The Morgan fingerprint density at radius 2 is 2.06 bits per heavy atom. The van der Waals surface area contributed by atoms with Crippen LogP contribution < -0.4 is 5.32 Å². The van der Waals surface area contributed by atoms with E-state index >= 15 is 0 Å². The van der Waals surface area contributed by atoms with Crippen molar-refractivity contribution in [3.8, 4) is 0 Å². The first kappa shape index (κ1) is 26.3. The zero-order valence-electron chi connectivity index (χ0n) is 19.7. The first-order valence-electron chi connectivity index (χ1n) is 11.6. The van der Waals surface area contributed by atoms with Crippen LogP contribution >= 0.6 is 0 Å². The third-order valence-corrected chi connectivity index (χ3v) is 6.26. The normalized spacial score (nSPS) is 32.7. The van der Waals surface area contributed by atoms with Gasteiger partial charge in [0.15, 0.2) is 0 Å². The predicted molar refractivity (Wildman–Crippen MR) is 123 cm³/mol. The molecule has 2 aliphatic rings. The van der Waals surface area contributed by atoms with Gasteiger partial charge in [0.1, 0.15) is 6.10 Å². The summed E-state index contributed by atoms with van der Waals surface area (Å²) in [5, 5.41) is 12.3. The third kappa shape index (κ3) is 8.88. The van der Waals surface area contributed by atoms with Crippen molar-refractivity contribution in [3.05, 3.63) is 36.0 Å². The Morgan fingerprint density at radius 3 is 2.78 bits per heavy atom. The van der Waals surface area contributed by atoms with Crippen LogP contribution in [-0.2, 0) is 23.8 Å². The van der Waals surface area contributed by atoms with Gasteiger partial charge < -0.3 is 24.6 Å². The SMILES string of the molecule is CC(/C=C/C1CC(CO)CCO1)=C\CC1OC(C)C(NC(=O)/C=C\C(C)OC=O)CC1C. The molecule has 0 bridgehead atoms. The molecule has 0 radical (unpaired) electrons. The van der Waals surface area contributed by atoms with Gasteiger partial charge in [0.05, 0.1) is 24.4 Å². The van der Waals surface area contributed by atoms with Gasteiger partial charge in [-0.15, -0.1) is 0 Å². The molecule has 7 heteroatoms. The number of aliphatic hydroxyl groups excluding tert-OH is 1. The smallest absolute Gasteiger partial charge is 0.293 e. The summed E-state index contributed by atoms with van der Waals surface area (Å²) in [6.07, 6.45) is 12.4. The van der Waals surface area contributed by atoms with Gasteiger partial charge in [-0.25, -0.2) is 0 Å². The summed E-state index contributed by atoms with van der Waals surface area (Å²) in [6.45, 7) is 9.19. The summed E-state index contributed by atoms with van der Waals surface area (Å²) in [5.41, 5.74) is 1.16. The number of amides is 1. The minimum Gasteiger partial charge on any atom is -0.461 e. The molecule has 7 nitrogen and oxygen atoms in total. The van der Waals surface area contributed by atoms with Gasteiger partial charge in [0, 0.05) is 19.3 Å². The standard InChI is InChI=1S/C25H39NO6/c1-17(5-8-22-14-21(15-27)11-12-30-22)6-9-24-18(2)13-23(20(4)32-24)26-25(29)10-7-19(3)31-16-28/h5-8,10,16,18-24,27H,9,11-15H2,1-4H3,(H,26,29)/b8-5+,10-7-,17-6+. The summed E-state index contributed by atoms with van der Waals surface area (Å²) < 4.78 is 16.7. The fourth-order valence-electron chi connectivity index (χ4n) is 4.13. The number of allylic oxidation sites excluding steroid dienone is 2. The van der Waals surface area contributed by atoms with Crippen LogP contribution in [0.1, 0.15) is 53.4 Å². The Labute approximate surface area is 191 Å². The highest BCUT2D eigenvalue weighted by Crippen LogP contribution is 2.28. The molecule has 1 amide bonds. The molecule has 2 fully saturated rings. The van der Waals surface area contributed by atoms with E-state index in [1.807, 2.05) is 6.92 Å². The van der Waals surface area contributed by atoms with E-state index < -0.39 is 6.10 Å². The van der Waals surface area contributed by atoms with E-state index in [0.717, 1.165) is 31.3 Å². The van der Waals surface area contributed by atoms with Crippen LogP contribution in [0.4, 0.5) is 0 Å². The van der Waals surface area contributed by atoms with E-state index in [4.69, 9.17) is 14.2 Å². The molecule has 2 N–H and O–H groups in total. The van der Waals surface area contributed by atoms with Gasteiger partial charge in [0.25, 0.3) is 6.47 Å². The predicted octanol–water partition coefficient (Wildman–Crippen LogP) is 3.08. The molecule has 0 spiro atoms. The Balaban J connectivity index is 1.80. The summed E-state index contributed by atoms with van der Waals surface area (Å²) in [7, 11) is 0. The fraction of sp³-hybridized carbons (Fsp3) is 0.680. The highest BCUT2D eigenvalue weighted by Gasteiger charge is 2.33. The Hall–Kier alpha value is -1.96. The number of hydrogen-bond acceptors (Lipinski definition) is 6. The molecule has 7 atom stereocenters. The highest BCUT2D eigenvalue weighted by atomic mass is 16.5. The quantitative estimate of drug-likeness (QED) is 0.302. The van der Waals surface area contributed by atoms with Crippen molar-refractivity contribution in [2.45, 2.75) is 83.8 Å². The molecule has 7 unspecified atom stereocenters. The lowest BCUT2D eigenvalue weighted by atomic mass is 9.88. The number of nitrogens with one attached hydrogen (secondary N) is 1. The number of rotatable bonds is 10. The molecule has 0 aromatic rings. The molecule has 180 valence electrons. The number of hydrogen-bond donors (Lipinski definition) is 2. The van der Waals surface area contributed by atoms with Gasteiger partial charge >= 0.3 is 0 Å². The van der Waals surface area contributed by atoms with E-state index in [-0.39, 0.29) is 36.9 Å². The van der Waals surface area contributed by atoms with Crippen LogP contribution in [0, 0.1) is 11.8 Å². The first-order chi connectivity index (χ1) is 15.3. The molecular weight excluding hydrogens is 410 g/mol. The van der Waals surface area contributed by atoms with Crippen molar-refractivity contribution >= 4 is 12.4 Å². The summed E-state index contributed by atoms with van der Waals surface area (Å²) in [6, 6.07) is -0.0615. The maximum Gasteiger partial charge on any atom is 0.293 e. The molecule has 32 heavy (non-hydrogen) atoms. The topological polar surface area (TPSA) is 94.1 Å². The molecule has 0 aromatic heterocycles. The van der Waals surface area contributed by atoms with Gasteiger partial charge in [-0.3, -0.25) is 9.59 Å². The van der Waals surface area contributed by atoms with Gasteiger partial charge in [0.2, 0.25) is 5.91 Å². The number of carbonyl (C=O) groups excluding carboxylic acids is 2. The number of carbonyl (C=O) groups is 2. The van der Waals surface area contributed by atoms with Crippen LogP contribution in [-0.4, -0.2) is 61.2 Å². The van der Waals surface area contributed by atoms with E-state index in [1.54, 1.807) is 13.0 Å². The average molecular weight is 450 g/mol. The minimum absolute atomic E-state index is 0.0615. The van der Waals surface area contributed by atoms with E-state index in [0.29, 0.717) is 24.9 Å². The maximum absolute atomic E-state index is 12.2. The van der Waals surface area contributed by atoms with Crippen molar-refractivity contribution in [1.82, 2.24) is 5.32 Å². The van der Waals surface area contributed by atoms with Crippen molar-refractivity contribution in [2.75, 3.05) is 13.2 Å². The van der Waals surface area contributed by atoms with E-state index in [9.17, 15) is 14.7 Å². The average Bonchev–Trinajstić information content (AvgIpc) is 2.78. The summed E-state index contributed by atoms with van der Waals surface area (Å²) >= 11 is 0. The van der Waals surface area contributed by atoms with Crippen LogP contribution in [0.5, 0.6) is 0 Å². The van der Waals surface area contributed by atoms with Crippen LogP contribution in [0.2, 0.25) is 0 Å². The van der Waals surface area contributed by atoms with Crippen LogP contribution in [0.3, 0.4) is 0 Å². The second-order valence-electron chi connectivity index (χ2n) is 9.03. The largest absolute Gasteiger partial charge is 0.461 e. The molecule has 2 heterocycles. The Morgan fingerprint density at radius 1 is 1.28 bits per heavy atom. The summed E-state index contributed by atoms with van der Waals surface area (Å²) in [5.74, 6) is 0.419. The lowest BCUT2D eigenvalue weighted by Crippen LogP contribution is -2.50. The van der Waals surface area contributed by atoms with E-state index in [1.165, 1.54) is 6.08 Å². The monoisotopic (exact) mass is 449 g/mol. The third-order valence-electron chi connectivity index (χ3n) is 6.26. The lowest BCUT2D eigenvalue weighted by Gasteiger charge is -2.39. The zero-order valence-corrected chi connectivity index (χ0v) is 19.7. The van der Waals surface area contributed by atoms with Crippen molar-refractivity contribution in [2.24, 2.45) is 11.8 Å². The lowest BCUT2D eigenvalue weighted by molar-refractivity contribution is -0.131. The van der Waals surface area contributed by atoms with Gasteiger partial charge in [-0.1, -0.05) is 30.7 Å². The Kier molecular flexibility index (Phi) is 11.1. The molecule has 2 aliphatic heterocycles. The molecule has 0 aromatic carbocycles. The highest BCUT2D eigenvalue weighted by molar-refractivity contribution is 5.87. The fourth-order valence-corrected chi connectivity index (χ4v) is 4.13. The van der Waals surface area contributed by atoms with E-state index in [2.05, 4.69) is 37.4 Å². The minimum atomic E-state index is -0.438. The zero-order chi connectivity index (χ0) is 23.5. The molecule has 2 rings (SSSR count). The molecule has 2 saturated heterocycles. The van der Waals surface area contributed by atoms with Gasteiger partial charge in [-0.05, 0) is 64.4 Å². The Bertz CT molecular complexity index is 688. The van der Waals surface area contributed by atoms with Crippen LogP contribution in [0.25, 0.3) is 0 Å². The number of aliphatic hydroxyl groups is 1. The molecular formula is C25H39NO6. The van der Waals surface area contributed by atoms with Crippen LogP contribution in [0.15, 0.2) is 36.0 Å². The molecule has 0 aliphatic carbocycles.